The lowest BCUT2D eigenvalue weighted by atomic mass is 10.0. The Bertz CT molecular complexity index is 488. The number of hydrogen-bond acceptors (Lipinski definition) is 1. The van der Waals surface area contributed by atoms with Gasteiger partial charge in [-0.15, -0.1) is 0 Å². The van der Waals surface area contributed by atoms with Crippen LogP contribution >= 0.6 is 0 Å². The SMILES string of the molecule is Nc1ccc(F)cc1-c1cc(F)ccc1F. The Morgan fingerprint density at radius 3 is 2.00 bits per heavy atom. The van der Waals surface area contributed by atoms with E-state index in [1.165, 1.54) is 6.07 Å². The largest absolute Gasteiger partial charge is 0.398 e. The van der Waals surface area contributed by atoms with Gasteiger partial charge in [0.15, 0.2) is 0 Å². The van der Waals surface area contributed by atoms with Gasteiger partial charge in [-0.1, -0.05) is 0 Å². The Kier molecular flexibility index (Phi) is 2.56. The van der Waals surface area contributed by atoms with Crippen LogP contribution in [0.2, 0.25) is 0 Å². The Morgan fingerprint density at radius 2 is 1.31 bits per heavy atom. The third-order valence-electron chi connectivity index (χ3n) is 2.23. The first-order valence-corrected chi connectivity index (χ1v) is 4.58. The highest BCUT2D eigenvalue weighted by Gasteiger charge is 2.10. The maximum atomic E-state index is 13.4. The summed E-state index contributed by atoms with van der Waals surface area (Å²) in [4.78, 5) is 0. The number of halogens is 3. The first kappa shape index (κ1) is 10.5. The van der Waals surface area contributed by atoms with Crippen molar-refractivity contribution >= 4 is 5.69 Å². The van der Waals surface area contributed by atoms with Crippen LogP contribution in [0.5, 0.6) is 0 Å². The van der Waals surface area contributed by atoms with Crippen LogP contribution in [0.4, 0.5) is 18.9 Å². The summed E-state index contributed by atoms with van der Waals surface area (Å²) in [7, 11) is 0. The molecule has 82 valence electrons. The summed E-state index contributed by atoms with van der Waals surface area (Å²) in [5.41, 5.74) is 5.89. The Hall–Kier alpha value is -1.97. The normalized spacial score (nSPS) is 10.4. The molecule has 0 saturated heterocycles. The van der Waals surface area contributed by atoms with Crippen molar-refractivity contribution in [3.8, 4) is 11.1 Å². The highest BCUT2D eigenvalue weighted by Crippen LogP contribution is 2.29. The van der Waals surface area contributed by atoms with Crippen molar-refractivity contribution in [2.45, 2.75) is 0 Å². The highest BCUT2D eigenvalue weighted by molar-refractivity contribution is 5.76. The molecule has 0 heterocycles. The van der Waals surface area contributed by atoms with Crippen molar-refractivity contribution < 1.29 is 13.2 Å². The summed E-state index contributed by atoms with van der Waals surface area (Å²) < 4.78 is 39.4. The van der Waals surface area contributed by atoms with Crippen LogP contribution in [0, 0.1) is 17.5 Å². The van der Waals surface area contributed by atoms with Crippen molar-refractivity contribution in [3.63, 3.8) is 0 Å². The van der Waals surface area contributed by atoms with Gasteiger partial charge in [0.05, 0.1) is 0 Å². The number of nitrogen functional groups attached to an aromatic ring is 1. The van der Waals surface area contributed by atoms with Crippen LogP contribution in [0.1, 0.15) is 0 Å². The van der Waals surface area contributed by atoms with E-state index in [1.54, 1.807) is 0 Å². The standard InChI is InChI=1S/C12H8F3N/c13-7-1-3-11(15)9(5-7)10-6-8(14)2-4-12(10)16/h1-6H,16H2. The maximum absolute atomic E-state index is 13.4. The van der Waals surface area contributed by atoms with E-state index in [1.807, 2.05) is 0 Å². The van der Waals surface area contributed by atoms with Gasteiger partial charge in [0.25, 0.3) is 0 Å². The minimum atomic E-state index is -0.640. The topological polar surface area (TPSA) is 26.0 Å². The van der Waals surface area contributed by atoms with E-state index in [9.17, 15) is 13.2 Å². The minimum Gasteiger partial charge on any atom is -0.398 e. The van der Waals surface area contributed by atoms with Gasteiger partial charge in [0, 0.05) is 16.8 Å². The number of hydrogen-bond donors (Lipinski definition) is 1. The average Bonchev–Trinajstić information content (AvgIpc) is 2.25. The van der Waals surface area contributed by atoms with Crippen LogP contribution in [-0.2, 0) is 0 Å². The molecular weight excluding hydrogens is 215 g/mol. The zero-order valence-electron chi connectivity index (χ0n) is 8.18. The summed E-state index contributed by atoms with van der Waals surface area (Å²) in [6.45, 7) is 0. The molecule has 0 amide bonds. The molecule has 0 saturated carbocycles. The third kappa shape index (κ3) is 1.86. The summed E-state index contributed by atoms with van der Waals surface area (Å²) in [5, 5.41) is 0. The molecule has 0 unspecified atom stereocenters. The number of benzene rings is 2. The van der Waals surface area contributed by atoms with Gasteiger partial charge < -0.3 is 5.73 Å². The Labute approximate surface area is 90.3 Å². The molecule has 2 rings (SSSR count). The molecule has 0 bridgehead atoms. The molecule has 2 N–H and O–H groups in total. The summed E-state index contributed by atoms with van der Waals surface area (Å²) in [6, 6.07) is 6.52. The van der Waals surface area contributed by atoms with Gasteiger partial charge in [0.1, 0.15) is 17.5 Å². The predicted octanol–water partition coefficient (Wildman–Crippen LogP) is 3.35. The molecular formula is C12H8F3N. The van der Waals surface area contributed by atoms with Crippen LogP contribution in [0.25, 0.3) is 11.1 Å². The highest BCUT2D eigenvalue weighted by atomic mass is 19.1. The van der Waals surface area contributed by atoms with Crippen molar-refractivity contribution in [1.29, 1.82) is 0 Å². The van der Waals surface area contributed by atoms with E-state index in [4.69, 9.17) is 5.73 Å². The fraction of sp³-hybridized carbons (Fsp3) is 0. The molecule has 16 heavy (non-hydrogen) atoms. The van der Waals surface area contributed by atoms with E-state index in [-0.39, 0.29) is 16.8 Å². The Balaban J connectivity index is 2.66. The molecule has 2 aromatic rings. The quantitative estimate of drug-likeness (QED) is 0.737. The zero-order chi connectivity index (χ0) is 11.7. The van der Waals surface area contributed by atoms with Gasteiger partial charge in [-0.3, -0.25) is 0 Å². The van der Waals surface area contributed by atoms with Crippen molar-refractivity contribution in [1.82, 2.24) is 0 Å². The third-order valence-corrected chi connectivity index (χ3v) is 2.23. The molecule has 0 radical (unpaired) electrons. The number of anilines is 1. The van der Waals surface area contributed by atoms with Gasteiger partial charge >= 0.3 is 0 Å². The molecule has 0 atom stereocenters. The molecule has 1 nitrogen and oxygen atoms in total. The lowest BCUT2D eigenvalue weighted by Gasteiger charge is -2.07. The second-order valence-electron chi connectivity index (χ2n) is 3.36. The van der Waals surface area contributed by atoms with Gasteiger partial charge in [-0.25, -0.2) is 13.2 Å². The smallest absolute Gasteiger partial charge is 0.131 e. The molecule has 0 aliphatic carbocycles. The van der Waals surface area contributed by atoms with Crippen molar-refractivity contribution in [3.05, 3.63) is 53.8 Å². The lowest BCUT2D eigenvalue weighted by molar-refractivity contribution is 0.602. The monoisotopic (exact) mass is 223 g/mol. The van der Waals surface area contributed by atoms with Gasteiger partial charge in [-0.2, -0.15) is 0 Å². The second-order valence-corrected chi connectivity index (χ2v) is 3.36. The molecule has 0 aromatic heterocycles. The van der Waals surface area contributed by atoms with E-state index in [0.29, 0.717) is 0 Å². The van der Waals surface area contributed by atoms with E-state index >= 15 is 0 Å². The number of nitrogens with two attached hydrogens (primary N) is 1. The minimum absolute atomic E-state index is 0.0444. The van der Waals surface area contributed by atoms with Gasteiger partial charge in [-0.05, 0) is 36.4 Å². The second kappa shape index (κ2) is 3.89. The molecule has 0 spiro atoms. The molecule has 4 heteroatoms. The number of rotatable bonds is 1. The maximum Gasteiger partial charge on any atom is 0.131 e. The first-order valence-electron chi connectivity index (χ1n) is 4.58. The molecule has 0 aliphatic rings. The zero-order valence-corrected chi connectivity index (χ0v) is 8.18. The van der Waals surface area contributed by atoms with Crippen LogP contribution in [0.3, 0.4) is 0 Å². The van der Waals surface area contributed by atoms with E-state index in [0.717, 1.165) is 30.3 Å². The summed E-state index contributed by atoms with van der Waals surface area (Å²) >= 11 is 0. The Morgan fingerprint density at radius 1 is 0.750 bits per heavy atom. The fourth-order valence-electron chi connectivity index (χ4n) is 1.47. The average molecular weight is 223 g/mol. The van der Waals surface area contributed by atoms with Crippen LogP contribution < -0.4 is 5.73 Å². The molecule has 2 aromatic carbocycles. The van der Waals surface area contributed by atoms with Crippen LogP contribution in [0.15, 0.2) is 36.4 Å². The summed E-state index contributed by atoms with van der Waals surface area (Å²) in [5.74, 6) is -1.79. The van der Waals surface area contributed by atoms with E-state index < -0.39 is 17.5 Å². The first-order chi connectivity index (χ1) is 7.58. The predicted molar refractivity (Wildman–Crippen MR) is 56.2 cm³/mol. The molecule has 0 aliphatic heterocycles. The lowest BCUT2D eigenvalue weighted by Crippen LogP contribution is -1.94. The van der Waals surface area contributed by atoms with Crippen molar-refractivity contribution in [2.75, 3.05) is 5.73 Å². The van der Waals surface area contributed by atoms with E-state index in [2.05, 4.69) is 0 Å². The van der Waals surface area contributed by atoms with Crippen LogP contribution in [-0.4, -0.2) is 0 Å². The summed E-state index contributed by atoms with van der Waals surface area (Å²) in [6.07, 6.45) is 0. The van der Waals surface area contributed by atoms with Gasteiger partial charge in [0.2, 0.25) is 0 Å². The molecule has 0 fully saturated rings. The van der Waals surface area contributed by atoms with Crippen molar-refractivity contribution in [2.24, 2.45) is 0 Å². The fourth-order valence-corrected chi connectivity index (χ4v) is 1.47.